The number of rotatable bonds is 5. The highest BCUT2D eigenvalue weighted by atomic mass is 16.6. The van der Waals surface area contributed by atoms with E-state index in [1.165, 1.54) is 13.2 Å². The average molecular weight is 245 g/mol. The molecular weight excluding hydrogens is 230 g/mol. The maximum atomic E-state index is 11.6. The smallest absolute Gasteiger partial charge is 0.348 e. The Morgan fingerprint density at radius 3 is 2.72 bits per heavy atom. The van der Waals surface area contributed by atoms with Crippen LogP contribution in [-0.4, -0.2) is 26.3 Å². The predicted molar refractivity (Wildman–Crippen MR) is 67.6 cm³/mol. The molecule has 0 aliphatic heterocycles. The van der Waals surface area contributed by atoms with E-state index in [0.29, 0.717) is 6.61 Å². The average Bonchev–Trinajstić information content (AvgIpc) is 2.38. The van der Waals surface area contributed by atoms with Crippen molar-refractivity contribution in [3.05, 3.63) is 41.0 Å². The first-order chi connectivity index (χ1) is 8.69. The summed E-state index contributed by atoms with van der Waals surface area (Å²) in [6, 6.07) is 9.36. The van der Waals surface area contributed by atoms with Crippen molar-refractivity contribution in [2.75, 3.05) is 20.3 Å². The summed E-state index contributed by atoms with van der Waals surface area (Å²) in [5, 5.41) is 8.95. The molecule has 0 amide bonds. The molecule has 0 saturated heterocycles. The molecule has 0 aliphatic carbocycles. The minimum absolute atomic E-state index is 0.0135. The van der Waals surface area contributed by atoms with Crippen LogP contribution in [0.15, 0.2) is 29.8 Å². The van der Waals surface area contributed by atoms with E-state index in [9.17, 15) is 4.79 Å². The Bertz CT molecular complexity index is 486. The summed E-state index contributed by atoms with van der Waals surface area (Å²) in [5.41, 5.74) is 1.81. The normalized spacial score (nSPS) is 10.8. The Labute approximate surface area is 106 Å². The van der Waals surface area contributed by atoms with Crippen LogP contribution in [0.25, 0.3) is 6.08 Å². The zero-order valence-corrected chi connectivity index (χ0v) is 10.5. The second-order valence-electron chi connectivity index (χ2n) is 3.66. The zero-order chi connectivity index (χ0) is 13.4. The van der Waals surface area contributed by atoms with Crippen molar-refractivity contribution in [3.63, 3.8) is 0 Å². The lowest BCUT2D eigenvalue weighted by molar-refractivity contribution is -0.139. The van der Waals surface area contributed by atoms with Gasteiger partial charge in [-0.25, -0.2) is 4.79 Å². The molecule has 0 aromatic heterocycles. The number of nitrogens with zero attached hydrogens (tertiary/aromatic N) is 1. The van der Waals surface area contributed by atoms with Gasteiger partial charge in [0, 0.05) is 7.11 Å². The maximum absolute atomic E-state index is 11.6. The molecule has 1 aromatic carbocycles. The summed E-state index contributed by atoms with van der Waals surface area (Å²) >= 11 is 0. The Balaban J connectivity index is 2.81. The van der Waals surface area contributed by atoms with Crippen LogP contribution in [0.4, 0.5) is 0 Å². The van der Waals surface area contributed by atoms with Gasteiger partial charge in [-0.15, -0.1) is 0 Å². The molecule has 0 fully saturated rings. The Kier molecular flexibility index (Phi) is 5.62. The van der Waals surface area contributed by atoms with Crippen molar-refractivity contribution in [3.8, 4) is 6.07 Å². The molecule has 0 atom stereocenters. The summed E-state index contributed by atoms with van der Waals surface area (Å²) < 4.78 is 9.66. The molecular formula is C14H15NO3. The van der Waals surface area contributed by atoms with E-state index in [1.807, 2.05) is 37.3 Å². The van der Waals surface area contributed by atoms with E-state index in [1.54, 1.807) is 0 Å². The molecule has 0 spiro atoms. The summed E-state index contributed by atoms with van der Waals surface area (Å²) in [6.45, 7) is 2.37. The number of benzene rings is 1. The van der Waals surface area contributed by atoms with Gasteiger partial charge in [0.25, 0.3) is 0 Å². The first-order valence-electron chi connectivity index (χ1n) is 5.52. The zero-order valence-electron chi connectivity index (χ0n) is 10.5. The summed E-state index contributed by atoms with van der Waals surface area (Å²) in [7, 11) is 1.52. The molecule has 18 heavy (non-hydrogen) atoms. The van der Waals surface area contributed by atoms with Crippen LogP contribution in [-0.2, 0) is 14.3 Å². The van der Waals surface area contributed by atoms with Crippen LogP contribution in [0.3, 0.4) is 0 Å². The molecule has 0 N–H and O–H groups in total. The molecule has 0 unspecified atom stereocenters. The van der Waals surface area contributed by atoms with Crippen LogP contribution in [0.2, 0.25) is 0 Å². The third kappa shape index (κ3) is 4.04. The van der Waals surface area contributed by atoms with Gasteiger partial charge >= 0.3 is 5.97 Å². The number of esters is 1. The Hall–Kier alpha value is -2.12. The van der Waals surface area contributed by atoms with E-state index < -0.39 is 5.97 Å². The molecule has 0 bridgehead atoms. The van der Waals surface area contributed by atoms with E-state index in [-0.39, 0.29) is 12.2 Å². The highest BCUT2D eigenvalue weighted by Crippen LogP contribution is 2.12. The van der Waals surface area contributed by atoms with Crippen molar-refractivity contribution < 1.29 is 14.3 Å². The van der Waals surface area contributed by atoms with Gasteiger partial charge in [0.2, 0.25) is 0 Å². The van der Waals surface area contributed by atoms with E-state index in [0.717, 1.165) is 11.1 Å². The fourth-order valence-electron chi connectivity index (χ4n) is 1.34. The number of methoxy groups -OCH3 is 1. The van der Waals surface area contributed by atoms with Gasteiger partial charge in [0.15, 0.2) is 0 Å². The van der Waals surface area contributed by atoms with Crippen molar-refractivity contribution in [1.82, 2.24) is 0 Å². The lowest BCUT2D eigenvalue weighted by Gasteiger charge is -2.03. The van der Waals surface area contributed by atoms with Crippen LogP contribution >= 0.6 is 0 Å². The van der Waals surface area contributed by atoms with Gasteiger partial charge in [-0.1, -0.05) is 24.3 Å². The van der Waals surface area contributed by atoms with Crippen LogP contribution < -0.4 is 0 Å². The van der Waals surface area contributed by atoms with Crippen molar-refractivity contribution in [2.45, 2.75) is 6.92 Å². The quantitative estimate of drug-likeness (QED) is 0.345. The highest BCUT2D eigenvalue weighted by Gasteiger charge is 2.10. The molecule has 1 rings (SSSR count). The second-order valence-corrected chi connectivity index (χ2v) is 3.66. The van der Waals surface area contributed by atoms with Crippen molar-refractivity contribution in [2.24, 2.45) is 0 Å². The van der Waals surface area contributed by atoms with Crippen molar-refractivity contribution in [1.29, 1.82) is 5.26 Å². The molecule has 0 radical (unpaired) electrons. The lowest BCUT2D eigenvalue weighted by Crippen LogP contribution is -2.11. The van der Waals surface area contributed by atoms with Crippen LogP contribution in [0.1, 0.15) is 11.1 Å². The molecule has 94 valence electrons. The van der Waals surface area contributed by atoms with Gasteiger partial charge in [-0.3, -0.25) is 0 Å². The monoisotopic (exact) mass is 245 g/mol. The van der Waals surface area contributed by atoms with E-state index in [2.05, 4.69) is 0 Å². The van der Waals surface area contributed by atoms with Crippen molar-refractivity contribution >= 4 is 12.0 Å². The molecule has 4 heteroatoms. The van der Waals surface area contributed by atoms with Gasteiger partial charge in [-0.2, -0.15) is 5.26 Å². The standard InChI is InChI=1S/C14H15NO3/c1-11-5-3-4-6-12(11)9-13(10-15)14(16)18-8-7-17-2/h3-6,9H,7-8H2,1-2H3. The first-order valence-corrected chi connectivity index (χ1v) is 5.52. The van der Waals surface area contributed by atoms with Gasteiger partial charge in [-0.05, 0) is 24.1 Å². The maximum Gasteiger partial charge on any atom is 0.348 e. The summed E-state index contributed by atoms with van der Waals surface area (Å²) in [5.74, 6) is -0.627. The number of hydrogen-bond acceptors (Lipinski definition) is 4. The van der Waals surface area contributed by atoms with Gasteiger partial charge < -0.3 is 9.47 Å². The fraction of sp³-hybridized carbons (Fsp3) is 0.286. The highest BCUT2D eigenvalue weighted by molar-refractivity contribution is 5.98. The Morgan fingerprint density at radius 1 is 1.39 bits per heavy atom. The van der Waals surface area contributed by atoms with Crippen LogP contribution in [0, 0.1) is 18.3 Å². The molecule has 1 aromatic rings. The number of nitriles is 1. The Morgan fingerprint density at radius 2 is 2.11 bits per heavy atom. The summed E-state index contributed by atoms with van der Waals surface area (Å²) in [6.07, 6.45) is 1.53. The largest absolute Gasteiger partial charge is 0.459 e. The van der Waals surface area contributed by atoms with Crippen LogP contribution in [0.5, 0.6) is 0 Å². The third-order valence-electron chi connectivity index (χ3n) is 2.35. The molecule has 0 heterocycles. The van der Waals surface area contributed by atoms with E-state index in [4.69, 9.17) is 14.7 Å². The van der Waals surface area contributed by atoms with Gasteiger partial charge in [0.1, 0.15) is 18.2 Å². The van der Waals surface area contributed by atoms with Gasteiger partial charge in [0.05, 0.1) is 6.61 Å². The third-order valence-corrected chi connectivity index (χ3v) is 2.35. The number of ether oxygens (including phenoxy) is 2. The molecule has 0 saturated carbocycles. The second kappa shape index (κ2) is 7.25. The number of aryl methyl sites for hydroxylation is 1. The lowest BCUT2D eigenvalue weighted by atomic mass is 10.1. The fourth-order valence-corrected chi connectivity index (χ4v) is 1.34. The topological polar surface area (TPSA) is 59.3 Å². The summed E-state index contributed by atoms with van der Waals surface area (Å²) in [4.78, 5) is 11.6. The number of hydrogen-bond donors (Lipinski definition) is 0. The minimum Gasteiger partial charge on any atom is -0.459 e. The van der Waals surface area contributed by atoms with E-state index >= 15 is 0 Å². The number of carbonyl (C=O) groups is 1. The molecule has 4 nitrogen and oxygen atoms in total. The SMILES string of the molecule is COCCOC(=O)C(C#N)=Cc1ccccc1C. The first kappa shape index (κ1) is 13.9. The molecule has 0 aliphatic rings. The number of carbonyl (C=O) groups excluding carboxylic acids is 1. The minimum atomic E-state index is -0.627. The predicted octanol–water partition coefficient (Wildman–Crippen LogP) is 2.09.